The van der Waals surface area contributed by atoms with E-state index in [0.717, 1.165) is 23.9 Å². The van der Waals surface area contributed by atoms with Gasteiger partial charge in [-0.1, -0.05) is 0 Å². The van der Waals surface area contributed by atoms with E-state index in [9.17, 15) is 17.2 Å². The smallest absolute Gasteiger partial charge is 0.253 e. The molecule has 108 valence electrons. The second kappa shape index (κ2) is 5.58. The van der Waals surface area contributed by atoms with Gasteiger partial charge in [0.15, 0.2) is 0 Å². The molecule has 2 rings (SSSR count). The standard InChI is InChI=1S/C10H8ClF2N3O2S2/c1-5(11)6-2-8(13)9(3-7(6)12)20(17,18)16-10-14-4-15-19-10/h2-5H,1H3,(H,14,15,16). The van der Waals surface area contributed by atoms with E-state index in [1.165, 1.54) is 6.92 Å². The molecule has 20 heavy (non-hydrogen) atoms. The van der Waals surface area contributed by atoms with Crippen LogP contribution in [-0.2, 0) is 10.0 Å². The van der Waals surface area contributed by atoms with Crippen molar-refractivity contribution in [2.45, 2.75) is 17.2 Å². The zero-order valence-electron chi connectivity index (χ0n) is 9.97. The number of alkyl halides is 1. The van der Waals surface area contributed by atoms with Gasteiger partial charge in [-0.3, -0.25) is 4.72 Å². The molecule has 0 fully saturated rings. The van der Waals surface area contributed by atoms with Crippen LogP contribution in [0.3, 0.4) is 0 Å². The highest BCUT2D eigenvalue weighted by atomic mass is 35.5. The fourth-order valence-electron chi connectivity index (χ4n) is 1.44. The van der Waals surface area contributed by atoms with Gasteiger partial charge in [0.05, 0.1) is 5.38 Å². The van der Waals surface area contributed by atoms with Crippen molar-refractivity contribution in [3.63, 3.8) is 0 Å². The summed E-state index contributed by atoms with van der Waals surface area (Å²) in [5.74, 6) is -1.99. The Labute approximate surface area is 122 Å². The van der Waals surface area contributed by atoms with Crippen molar-refractivity contribution >= 4 is 38.3 Å². The number of halogens is 3. The molecule has 5 nitrogen and oxygen atoms in total. The van der Waals surface area contributed by atoms with Crippen LogP contribution in [0.1, 0.15) is 17.9 Å². The molecular weight excluding hydrogens is 332 g/mol. The van der Waals surface area contributed by atoms with Gasteiger partial charge in [-0.2, -0.15) is 4.37 Å². The topological polar surface area (TPSA) is 72.0 Å². The molecule has 0 amide bonds. The normalized spacial score (nSPS) is 13.2. The quantitative estimate of drug-likeness (QED) is 0.869. The third-order valence-corrected chi connectivity index (χ3v) is 4.65. The second-order valence-electron chi connectivity index (χ2n) is 3.77. The third-order valence-electron chi connectivity index (χ3n) is 2.35. The van der Waals surface area contributed by atoms with E-state index in [1.54, 1.807) is 0 Å². The minimum atomic E-state index is -4.28. The maximum absolute atomic E-state index is 13.8. The fourth-order valence-corrected chi connectivity index (χ4v) is 3.34. The molecule has 0 aliphatic heterocycles. The van der Waals surface area contributed by atoms with Gasteiger partial charge in [0, 0.05) is 17.1 Å². The number of aromatic nitrogens is 2. The molecule has 0 bridgehead atoms. The number of nitrogens with one attached hydrogen (secondary N) is 1. The van der Waals surface area contributed by atoms with Gasteiger partial charge in [-0.15, -0.1) is 11.6 Å². The first-order chi connectivity index (χ1) is 9.31. The maximum Gasteiger partial charge on any atom is 0.266 e. The number of nitrogens with zero attached hydrogens (tertiary/aromatic N) is 2. The van der Waals surface area contributed by atoms with Crippen molar-refractivity contribution < 1.29 is 17.2 Å². The van der Waals surface area contributed by atoms with Crippen LogP contribution in [0, 0.1) is 11.6 Å². The van der Waals surface area contributed by atoms with Crippen molar-refractivity contribution in [3.05, 3.63) is 35.7 Å². The summed E-state index contributed by atoms with van der Waals surface area (Å²) in [6, 6.07) is 1.36. The summed E-state index contributed by atoms with van der Waals surface area (Å²) in [5.41, 5.74) is -0.112. The number of anilines is 1. The van der Waals surface area contributed by atoms with Crippen LogP contribution >= 0.6 is 23.1 Å². The Morgan fingerprint density at radius 3 is 2.60 bits per heavy atom. The molecule has 0 saturated carbocycles. The molecule has 1 aromatic carbocycles. The van der Waals surface area contributed by atoms with Gasteiger partial charge in [0.2, 0.25) is 5.13 Å². The van der Waals surface area contributed by atoms with E-state index in [-0.39, 0.29) is 10.7 Å². The molecule has 1 heterocycles. The number of benzene rings is 1. The highest BCUT2D eigenvalue weighted by Crippen LogP contribution is 2.28. The van der Waals surface area contributed by atoms with E-state index in [2.05, 4.69) is 9.36 Å². The number of hydrogen-bond donors (Lipinski definition) is 1. The monoisotopic (exact) mass is 339 g/mol. The average molecular weight is 340 g/mol. The molecule has 0 radical (unpaired) electrons. The van der Waals surface area contributed by atoms with Crippen LogP contribution in [0.4, 0.5) is 13.9 Å². The van der Waals surface area contributed by atoms with Gasteiger partial charge in [-0.05, 0) is 19.1 Å². The summed E-state index contributed by atoms with van der Waals surface area (Å²) in [4.78, 5) is 2.79. The van der Waals surface area contributed by atoms with Crippen molar-refractivity contribution in [1.29, 1.82) is 0 Å². The molecule has 10 heteroatoms. The van der Waals surface area contributed by atoms with Crippen LogP contribution in [0.2, 0.25) is 0 Å². The van der Waals surface area contributed by atoms with E-state index in [4.69, 9.17) is 11.6 Å². The summed E-state index contributed by atoms with van der Waals surface area (Å²) in [7, 11) is -4.28. The van der Waals surface area contributed by atoms with Crippen molar-refractivity contribution in [2.24, 2.45) is 0 Å². The number of rotatable bonds is 4. The van der Waals surface area contributed by atoms with Crippen molar-refractivity contribution in [1.82, 2.24) is 9.36 Å². The van der Waals surface area contributed by atoms with Crippen LogP contribution < -0.4 is 4.72 Å². The lowest BCUT2D eigenvalue weighted by molar-refractivity contribution is 0.548. The Morgan fingerprint density at radius 2 is 2.05 bits per heavy atom. The average Bonchev–Trinajstić information content (AvgIpc) is 2.83. The molecule has 2 aromatic rings. The van der Waals surface area contributed by atoms with E-state index >= 15 is 0 Å². The first-order valence-electron chi connectivity index (χ1n) is 5.24. The predicted molar refractivity (Wildman–Crippen MR) is 71.3 cm³/mol. The second-order valence-corrected chi connectivity index (χ2v) is 6.86. The highest BCUT2D eigenvalue weighted by molar-refractivity contribution is 7.93. The molecule has 1 unspecified atom stereocenters. The molecular formula is C10H8ClF2N3O2S2. The van der Waals surface area contributed by atoms with Crippen LogP contribution in [-0.4, -0.2) is 17.8 Å². The Bertz CT molecular complexity index is 720. The summed E-state index contributed by atoms with van der Waals surface area (Å²) < 4.78 is 57.0. The molecule has 0 saturated heterocycles. The number of hydrogen-bond acceptors (Lipinski definition) is 5. The first-order valence-corrected chi connectivity index (χ1v) is 7.93. The maximum atomic E-state index is 13.8. The van der Waals surface area contributed by atoms with Gasteiger partial charge >= 0.3 is 0 Å². The van der Waals surface area contributed by atoms with E-state index in [0.29, 0.717) is 6.07 Å². The zero-order valence-corrected chi connectivity index (χ0v) is 12.4. The molecule has 0 aliphatic rings. The third kappa shape index (κ3) is 3.05. The van der Waals surface area contributed by atoms with Crippen LogP contribution in [0.5, 0.6) is 0 Å². The Morgan fingerprint density at radius 1 is 1.35 bits per heavy atom. The highest BCUT2D eigenvalue weighted by Gasteiger charge is 2.24. The molecule has 1 N–H and O–H groups in total. The van der Waals surface area contributed by atoms with Gasteiger partial charge in [-0.25, -0.2) is 22.2 Å². The van der Waals surface area contributed by atoms with E-state index < -0.39 is 31.9 Å². The molecule has 1 atom stereocenters. The lowest BCUT2D eigenvalue weighted by atomic mass is 10.1. The largest absolute Gasteiger partial charge is 0.266 e. The summed E-state index contributed by atoms with van der Waals surface area (Å²) in [5, 5.41) is -0.822. The Balaban J connectivity index is 2.45. The Kier molecular flexibility index (Phi) is 4.21. The van der Waals surface area contributed by atoms with Crippen molar-refractivity contribution in [3.8, 4) is 0 Å². The Hall–Kier alpha value is -1.32. The van der Waals surface area contributed by atoms with Gasteiger partial charge in [0.25, 0.3) is 10.0 Å². The predicted octanol–water partition coefficient (Wildman–Crippen LogP) is 2.92. The van der Waals surface area contributed by atoms with Crippen LogP contribution in [0.25, 0.3) is 0 Å². The summed E-state index contributed by atoms with van der Waals surface area (Å²) in [6.07, 6.45) is 1.14. The fraction of sp³-hybridized carbons (Fsp3) is 0.200. The zero-order chi connectivity index (χ0) is 14.9. The minimum Gasteiger partial charge on any atom is -0.253 e. The van der Waals surface area contributed by atoms with Crippen molar-refractivity contribution in [2.75, 3.05) is 4.72 Å². The molecule has 0 aliphatic carbocycles. The lowest BCUT2D eigenvalue weighted by Gasteiger charge is -2.10. The van der Waals surface area contributed by atoms with E-state index in [1.807, 2.05) is 4.72 Å². The molecule has 1 aromatic heterocycles. The SMILES string of the molecule is CC(Cl)c1cc(F)c(S(=O)(=O)Nc2ncns2)cc1F. The first kappa shape index (κ1) is 15.1. The van der Waals surface area contributed by atoms with Crippen LogP contribution in [0.15, 0.2) is 23.4 Å². The van der Waals surface area contributed by atoms with Gasteiger partial charge < -0.3 is 0 Å². The minimum absolute atomic E-state index is 0.0420. The molecule has 0 spiro atoms. The lowest BCUT2D eigenvalue weighted by Crippen LogP contribution is -2.15. The van der Waals surface area contributed by atoms with Gasteiger partial charge in [0.1, 0.15) is 22.9 Å². The summed E-state index contributed by atoms with van der Waals surface area (Å²) in [6.45, 7) is 1.45. The number of sulfonamides is 1. The summed E-state index contributed by atoms with van der Waals surface area (Å²) >= 11 is 6.45.